The zero-order valence-corrected chi connectivity index (χ0v) is 11.7. The van der Waals surface area contributed by atoms with E-state index in [0.29, 0.717) is 5.56 Å². The van der Waals surface area contributed by atoms with Gasteiger partial charge in [-0.1, -0.05) is 48.2 Å². The summed E-state index contributed by atoms with van der Waals surface area (Å²) in [6.07, 6.45) is 0. The van der Waals surface area contributed by atoms with Gasteiger partial charge in [0.05, 0.1) is 4.88 Å². The Kier molecular flexibility index (Phi) is 3.77. The number of rotatable bonds is 2. The highest BCUT2D eigenvalue weighted by Gasteiger charge is 2.30. The molecule has 0 amide bonds. The van der Waals surface area contributed by atoms with Crippen LogP contribution in [-0.2, 0) is 5.60 Å². The van der Waals surface area contributed by atoms with Gasteiger partial charge >= 0.3 is 0 Å². The predicted octanol–water partition coefficient (Wildman–Crippen LogP) is 2.76. The van der Waals surface area contributed by atoms with E-state index in [4.69, 9.17) is 0 Å². The van der Waals surface area contributed by atoms with E-state index >= 15 is 0 Å². The van der Waals surface area contributed by atoms with Crippen LogP contribution in [0.3, 0.4) is 0 Å². The molecule has 0 aliphatic rings. The lowest BCUT2D eigenvalue weighted by atomic mass is 9.92. The maximum Gasteiger partial charge on any atom is 0.186 e. The van der Waals surface area contributed by atoms with E-state index in [1.807, 2.05) is 47.8 Å². The van der Waals surface area contributed by atoms with Crippen molar-refractivity contribution in [3.05, 3.63) is 58.3 Å². The molecule has 2 nitrogen and oxygen atoms in total. The third-order valence-electron chi connectivity index (χ3n) is 2.62. The highest BCUT2D eigenvalue weighted by atomic mass is 32.1. The largest absolute Gasteiger partial charge is 0.378 e. The molecule has 0 radical (unpaired) electrons. The molecule has 0 fully saturated rings. The van der Waals surface area contributed by atoms with Crippen molar-refractivity contribution in [2.24, 2.45) is 0 Å². The summed E-state index contributed by atoms with van der Waals surface area (Å²) in [6, 6.07) is 13.0. The molecule has 0 saturated carbocycles. The smallest absolute Gasteiger partial charge is 0.186 e. The molecule has 0 aliphatic carbocycles. The number of aliphatic hydroxyl groups is 2. The highest BCUT2D eigenvalue weighted by Crippen LogP contribution is 2.32. The summed E-state index contributed by atoms with van der Waals surface area (Å²) < 4.78 is 0. The second kappa shape index (κ2) is 5.18. The number of thiophene rings is 1. The second-order valence-corrected chi connectivity index (χ2v) is 5.81. The fourth-order valence-electron chi connectivity index (χ4n) is 1.68. The Morgan fingerprint density at radius 2 is 1.63 bits per heavy atom. The number of hydrogen-bond acceptors (Lipinski definition) is 3. The molecule has 19 heavy (non-hydrogen) atoms. The van der Waals surface area contributed by atoms with E-state index in [2.05, 4.69) is 11.8 Å². The lowest BCUT2D eigenvalue weighted by molar-refractivity contribution is 0.134. The van der Waals surface area contributed by atoms with Crippen molar-refractivity contribution >= 4 is 11.3 Å². The van der Waals surface area contributed by atoms with Crippen LogP contribution in [0.4, 0.5) is 0 Å². The van der Waals surface area contributed by atoms with Crippen molar-refractivity contribution in [2.75, 3.05) is 0 Å². The summed E-state index contributed by atoms with van der Waals surface area (Å²) in [7, 11) is 0. The Morgan fingerprint density at radius 3 is 2.16 bits per heavy atom. The topological polar surface area (TPSA) is 40.5 Å². The van der Waals surface area contributed by atoms with Crippen molar-refractivity contribution in [3.8, 4) is 11.8 Å². The Morgan fingerprint density at radius 1 is 0.947 bits per heavy atom. The number of hydrogen-bond donors (Lipinski definition) is 2. The lowest BCUT2D eigenvalue weighted by Gasteiger charge is -2.22. The van der Waals surface area contributed by atoms with E-state index in [9.17, 15) is 10.2 Å². The standard InChI is InChI=1S/C16H16O2S/c1-15(2,17)10-11-16(18,14-9-6-12-19-14)13-7-4-3-5-8-13/h3-9,12,17-18H,1-2H3/t16-/m1/s1. The monoisotopic (exact) mass is 272 g/mol. The normalized spacial score (nSPS) is 14.3. The van der Waals surface area contributed by atoms with Crippen LogP contribution < -0.4 is 0 Å². The molecule has 3 heteroatoms. The predicted molar refractivity (Wildman–Crippen MR) is 77.8 cm³/mol. The van der Waals surface area contributed by atoms with Crippen molar-refractivity contribution in [3.63, 3.8) is 0 Å². The van der Waals surface area contributed by atoms with Crippen molar-refractivity contribution in [1.29, 1.82) is 0 Å². The molecule has 1 heterocycles. The van der Waals surface area contributed by atoms with Gasteiger partial charge in [-0.25, -0.2) is 0 Å². The fraction of sp³-hybridized carbons (Fsp3) is 0.250. The molecule has 1 atom stereocenters. The SMILES string of the molecule is CC(C)(O)C#C[C@@](O)(c1ccccc1)c1cccs1. The minimum absolute atomic E-state index is 0.703. The Balaban J connectivity index is 2.54. The average Bonchev–Trinajstić information content (AvgIpc) is 2.90. The van der Waals surface area contributed by atoms with Crippen LogP contribution in [0.25, 0.3) is 0 Å². The molecule has 1 aromatic heterocycles. The van der Waals surface area contributed by atoms with Crippen LogP contribution in [0.5, 0.6) is 0 Å². The van der Waals surface area contributed by atoms with Crippen LogP contribution >= 0.6 is 11.3 Å². The van der Waals surface area contributed by atoms with Crippen LogP contribution in [0, 0.1) is 11.8 Å². The van der Waals surface area contributed by atoms with Gasteiger partial charge in [0.1, 0.15) is 5.60 Å². The van der Waals surface area contributed by atoms with Crippen LogP contribution in [0.2, 0.25) is 0 Å². The molecular formula is C16H16O2S. The molecule has 0 saturated heterocycles. The van der Waals surface area contributed by atoms with Crippen molar-refractivity contribution < 1.29 is 10.2 Å². The molecule has 1 aromatic carbocycles. The van der Waals surface area contributed by atoms with Crippen molar-refractivity contribution in [1.82, 2.24) is 0 Å². The maximum absolute atomic E-state index is 10.9. The molecule has 0 spiro atoms. The molecule has 0 aliphatic heterocycles. The second-order valence-electron chi connectivity index (χ2n) is 4.86. The summed E-state index contributed by atoms with van der Waals surface area (Å²) in [5.41, 5.74) is -1.82. The summed E-state index contributed by atoms with van der Waals surface area (Å²) in [5, 5.41) is 22.6. The lowest BCUT2D eigenvalue weighted by Crippen LogP contribution is -2.26. The Bertz CT molecular complexity index is 585. The van der Waals surface area contributed by atoms with Gasteiger partial charge in [0.2, 0.25) is 0 Å². The third-order valence-corrected chi connectivity index (χ3v) is 3.60. The molecule has 0 unspecified atom stereocenters. The van der Waals surface area contributed by atoms with E-state index in [1.54, 1.807) is 13.8 Å². The summed E-state index contributed by atoms with van der Waals surface area (Å²) in [5.74, 6) is 5.53. The molecule has 2 rings (SSSR count). The fourth-order valence-corrected chi connectivity index (χ4v) is 2.48. The van der Waals surface area contributed by atoms with Gasteiger partial charge in [-0.3, -0.25) is 0 Å². The van der Waals surface area contributed by atoms with Gasteiger partial charge in [0, 0.05) is 5.56 Å². The van der Waals surface area contributed by atoms with Crippen molar-refractivity contribution in [2.45, 2.75) is 25.0 Å². The van der Waals surface area contributed by atoms with Gasteiger partial charge in [0.15, 0.2) is 5.60 Å². The van der Waals surface area contributed by atoms with Crippen LogP contribution in [0.15, 0.2) is 47.8 Å². The first-order valence-corrected chi connectivity index (χ1v) is 6.88. The third kappa shape index (κ3) is 3.24. The molecule has 2 aromatic rings. The van der Waals surface area contributed by atoms with Gasteiger partial charge in [-0.2, -0.15) is 0 Å². The molecule has 0 bridgehead atoms. The van der Waals surface area contributed by atoms with E-state index in [1.165, 1.54) is 11.3 Å². The first-order valence-electron chi connectivity index (χ1n) is 6.00. The van der Waals surface area contributed by atoms with Crippen LogP contribution in [-0.4, -0.2) is 15.8 Å². The molecule has 2 N–H and O–H groups in total. The number of benzene rings is 1. The molecule has 98 valence electrons. The van der Waals surface area contributed by atoms with E-state index in [0.717, 1.165) is 4.88 Å². The summed E-state index contributed by atoms with van der Waals surface area (Å²) in [6.45, 7) is 3.19. The minimum atomic E-state index is -1.38. The van der Waals surface area contributed by atoms with E-state index in [-0.39, 0.29) is 0 Å². The summed E-state index contributed by atoms with van der Waals surface area (Å²) in [4.78, 5) is 0.746. The van der Waals surface area contributed by atoms with Gasteiger partial charge < -0.3 is 10.2 Å². The first kappa shape index (κ1) is 13.8. The average molecular weight is 272 g/mol. The highest BCUT2D eigenvalue weighted by molar-refractivity contribution is 7.10. The van der Waals surface area contributed by atoms with Gasteiger partial charge in [-0.15, -0.1) is 11.3 Å². The zero-order chi connectivity index (χ0) is 13.9. The van der Waals surface area contributed by atoms with Gasteiger partial charge in [0.25, 0.3) is 0 Å². The zero-order valence-electron chi connectivity index (χ0n) is 10.9. The molecular weight excluding hydrogens is 256 g/mol. The van der Waals surface area contributed by atoms with Crippen LogP contribution in [0.1, 0.15) is 24.3 Å². The Labute approximate surface area is 117 Å². The minimum Gasteiger partial charge on any atom is -0.378 e. The maximum atomic E-state index is 10.9. The first-order chi connectivity index (χ1) is 8.92. The summed E-state index contributed by atoms with van der Waals surface area (Å²) >= 11 is 1.44. The van der Waals surface area contributed by atoms with Gasteiger partial charge in [-0.05, 0) is 25.3 Å². The Hall–Kier alpha value is -1.60. The van der Waals surface area contributed by atoms with E-state index < -0.39 is 11.2 Å². The quantitative estimate of drug-likeness (QED) is 0.825.